The molecule has 1 aromatic rings. The Hall–Kier alpha value is -1.17. The van der Waals surface area contributed by atoms with Gasteiger partial charge in [-0.05, 0) is 33.6 Å². The van der Waals surface area contributed by atoms with Gasteiger partial charge in [-0.1, -0.05) is 19.3 Å². The summed E-state index contributed by atoms with van der Waals surface area (Å²) in [6.07, 6.45) is 6.86. The summed E-state index contributed by atoms with van der Waals surface area (Å²) in [6.45, 7) is 9.65. The highest BCUT2D eigenvalue weighted by Gasteiger charge is 2.38. The van der Waals surface area contributed by atoms with E-state index in [0.29, 0.717) is 17.2 Å². The van der Waals surface area contributed by atoms with E-state index in [4.69, 9.17) is 9.41 Å². The molecule has 1 spiro atoms. The topological polar surface area (TPSA) is 53.7 Å². The third-order valence-corrected chi connectivity index (χ3v) is 6.62. The highest BCUT2D eigenvalue weighted by atomic mass is 32.2. The standard InChI is InChI=1S/C18H30N4OS/c1-4-19-17(20-12-16-21-14(2)15(3)23-16)22-10-11-24-18(13-22)8-6-5-7-9-18/h4-13H2,1-3H3,(H,19,20). The van der Waals surface area contributed by atoms with E-state index in [1.807, 2.05) is 13.8 Å². The number of thioether (sulfide) groups is 1. The monoisotopic (exact) mass is 350 g/mol. The van der Waals surface area contributed by atoms with E-state index in [9.17, 15) is 0 Å². The van der Waals surface area contributed by atoms with Crippen LogP contribution < -0.4 is 5.32 Å². The smallest absolute Gasteiger partial charge is 0.216 e. The fourth-order valence-corrected chi connectivity index (χ4v) is 5.27. The zero-order chi connectivity index (χ0) is 17.0. The molecule has 1 saturated carbocycles. The van der Waals surface area contributed by atoms with Crippen molar-refractivity contribution in [2.75, 3.05) is 25.4 Å². The van der Waals surface area contributed by atoms with Gasteiger partial charge in [0.1, 0.15) is 12.3 Å². The van der Waals surface area contributed by atoms with Crippen LogP contribution in [0.4, 0.5) is 0 Å². The number of nitrogens with one attached hydrogen (secondary N) is 1. The summed E-state index contributed by atoms with van der Waals surface area (Å²) in [4.78, 5) is 11.7. The minimum Gasteiger partial charge on any atom is -0.444 e. The summed E-state index contributed by atoms with van der Waals surface area (Å²) in [7, 11) is 0. The number of aryl methyl sites for hydroxylation is 2. The molecular formula is C18H30N4OS. The van der Waals surface area contributed by atoms with Gasteiger partial charge in [-0.2, -0.15) is 11.8 Å². The zero-order valence-corrected chi connectivity index (χ0v) is 16.0. The summed E-state index contributed by atoms with van der Waals surface area (Å²) >= 11 is 2.19. The summed E-state index contributed by atoms with van der Waals surface area (Å²) in [6, 6.07) is 0. The first kappa shape index (κ1) is 17.6. The Kier molecular flexibility index (Phi) is 5.74. The Balaban J connectivity index is 1.70. The number of hydrogen-bond donors (Lipinski definition) is 1. The number of oxazole rings is 1. The van der Waals surface area contributed by atoms with Crippen LogP contribution in [0.3, 0.4) is 0 Å². The average Bonchev–Trinajstić information content (AvgIpc) is 2.90. The third kappa shape index (κ3) is 4.08. The lowest BCUT2D eigenvalue weighted by molar-refractivity contribution is 0.293. The molecule has 24 heavy (non-hydrogen) atoms. The van der Waals surface area contributed by atoms with Crippen LogP contribution >= 0.6 is 11.8 Å². The van der Waals surface area contributed by atoms with E-state index in [-0.39, 0.29) is 0 Å². The van der Waals surface area contributed by atoms with Crippen LogP contribution in [0.15, 0.2) is 9.41 Å². The first-order chi connectivity index (χ1) is 11.6. The third-order valence-electron chi connectivity index (χ3n) is 5.08. The molecule has 6 heteroatoms. The molecule has 0 radical (unpaired) electrons. The molecular weight excluding hydrogens is 320 g/mol. The van der Waals surface area contributed by atoms with Crippen LogP contribution in [0.25, 0.3) is 0 Å². The minimum absolute atomic E-state index is 0.447. The molecule has 1 aromatic heterocycles. The molecule has 1 N–H and O–H groups in total. The van der Waals surface area contributed by atoms with E-state index >= 15 is 0 Å². The first-order valence-electron chi connectivity index (χ1n) is 9.22. The van der Waals surface area contributed by atoms with E-state index in [2.05, 4.69) is 33.9 Å². The molecule has 2 fully saturated rings. The Labute approximate surface area is 149 Å². The molecule has 1 aliphatic carbocycles. The van der Waals surface area contributed by atoms with Gasteiger partial charge < -0.3 is 14.6 Å². The first-order valence-corrected chi connectivity index (χ1v) is 10.2. The second-order valence-corrected chi connectivity index (χ2v) is 8.50. The Morgan fingerprint density at radius 1 is 1.33 bits per heavy atom. The summed E-state index contributed by atoms with van der Waals surface area (Å²) in [5.74, 6) is 3.80. The van der Waals surface area contributed by atoms with Gasteiger partial charge in [-0.15, -0.1) is 0 Å². The summed E-state index contributed by atoms with van der Waals surface area (Å²) < 4.78 is 6.12. The van der Waals surface area contributed by atoms with Crippen LogP contribution in [0.2, 0.25) is 0 Å². The molecule has 5 nitrogen and oxygen atoms in total. The number of rotatable bonds is 3. The predicted molar refractivity (Wildman–Crippen MR) is 101 cm³/mol. The second-order valence-electron chi connectivity index (χ2n) is 6.93. The van der Waals surface area contributed by atoms with Crippen LogP contribution in [0.5, 0.6) is 0 Å². The summed E-state index contributed by atoms with van der Waals surface area (Å²) in [5, 5.41) is 3.46. The lowest BCUT2D eigenvalue weighted by Gasteiger charge is -2.45. The quantitative estimate of drug-likeness (QED) is 0.668. The minimum atomic E-state index is 0.447. The van der Waals surface area contributed by atoms with Crippen molar-refractivity contribution in [3.05, 3.63) is 17.3 Å². The predicted octanol–water partition coefficient (Wildman–Crippen LogP) is 3.51. The normalized spacial score (nSPS) is 21.3. The van der Waals surface area contributed by atoms with Gasteiger partial charge in [-0.3, -0.25) is 0 Å². The molecule has 134 valence electrons. The van der Waals surface area contributed by atoms with Crippen molar-refractivity contribution >= 4 is 17.7 Å². The van der Waals surface area contributed by atoms with Crippen LogP contribution in [-0.4, -0.2) is 46.0 Å². The molecule has 0 atom stereocenters. The zero-order valence-electron chi connectivity index (χ0n) is 15.2. The largest absolute Gasteiger partial charge is 0.444 e. The molecule has 0 bridgehead atoms. The highest BCUT2D eigenvalue weighted by molar-refractivity contribution is 8.00. The van der Waals surface area contributed by atoms with E-state index in [1.54, 1.807) is 0 Å². The lowest BCUT2D eigenvalue weighted by Crippen LogP contribution is -2.53. The Morgan fingerprint density at radius 3 is 2.79 bits per heavy atom. The van der Waals surface area contributed by atoms with Gasteiger partial charge in [0, 0.05) is 30.1 Å². The maximum Gasteiger partial charge on any atom is 0.216 e. The van der Waals surface area contributed by atoms with Gasteiger partial charge >= 0.3 is 0 Å². The average molecular weight is 351 g/mol. The van der Waals surface area contributed by atoms with Crippen molar-refractivity contribution in [2.45, 2.75) is 64.2 Å². The van der Waals surface area contributed by atoms with E-state index in [1.165, 1.54) is 37.9 Å². The van der Waals surface area contributed by atoms with E-state index < -0.39 is 0 Å². The molecule has 0 aromatic carbocycles. The van der Waals surface area contributed by atoms with E-state index in [0.717, 1.165) is 37.0 Å². The molecule has 2 heterocycles. The SMILES string of the molecule is CCNC(=NCc1nc(C)c(C)o1)N1CCSC2(CCCCC2)C1. The van der Waals surface area contributed by atoms with Crippen molar-refractivity contribution < 1.29 is 4.42 Å². The number of nitrogens with zero attached hydrogens (tertiary/aromatic N) is 3. The number of hydrogen-bond acceptors (Lipinski definition) is 4. The van der Waals surface area contributed by atoms with Gasteiger partial charge in [0.2, 0.25) is 5.89 Å². The Bertz CT molecular complexity index is 553. The van der Waals surface area contributed by atoms with Crippen molar-refractivity contribution in [1.82, 2.24) is 15.2 Å². The highest BCUT2D eigenvalue weighted by Crippen LogP contribution is 2.42. The lowest BCUT2D eigenvalue weighted by atomic mass is 9.87. The number of aliphatic imine (C=N–C) groups is 1. The van der Waals surface area contributed by atoms with Crippen molar-refractivity contribution in [3.63, 3.8) is 0 Å². The van der Waals surface area contributed by atoms with Gasteiger partial charge in [0.05, 0.1) is 5.69 Å². The maximum atomic E-state index is 5.67. The fourth-order valence-electron chi connectivity index (χ4n) is 3.70. The number of aromatic nitrogens is 1. The molecule has 0 amide bonds. The molecule has 0 unspecified atom stereocenters. The summed E-state index contributed by atoms with van der Waals surface area (Å²) in [5.41, 5.74) is 0.959. The van der Waals surface area contributed by atoms with Gasteiger partial charge in [0.25, 0.3) is 0 Å². The maximum absolute atomic E-state index is 5.67. The second kappa shape index (κ2) is 7.81. The fraction of sp³-hybridized carbons (Fsp3) is 0.778. The van der Waals surface area contributed by atoms with Crippen molar-refractivity contribution in [2.24, 2.45) is 4.99 Å². The molecule has 1 aliphatic heterocycles. The van der Waals surface area contributed by atoms with Gasteiger partial charge in [-0.25, -0.2) is 9.98 Å². The van der Waals surface area contributed by atoms with Crippen LogP contribution in [-0.2, 0) is 6.54 Å². The Morgan fingerprint density at radius 2 is 2.12 bits per heavy atom. The van der Waals surface area contributed by atoms with Crippen LogP contribution in [0.1, 0.15) is 56.4 Å². The molecule has 3 rings (SSSR count). The molecule has 1 saturated heterocycles. The molecule has 2 aliphatic rings. The number of guanidine groups is 1. The van der Waals surface area contributed by atoms with Crippen molar-refractivity contribution in [3.8, 4) is 0 Å². The van der Waals surface area contributed by atoms with Crippen molar-refractivity contribution in [1.29, 1.82) is 0 Å². The van der Waals surface area contributed by atoms with Gasteiger partial charge in [0.15, 0.2) is 5.96 Å². The van der Waals surface area contributed by atoms with Crippen LogP contribution in [0, 0.1) is 13.8 Å².